The summed E-state index contributed by atoms with van der Waals surface area (Å²) in [4.78, 5) is 4.79. The maximum Gasteiger partial charge on any atom is 0.0364 e. The summed E-state index contributed by atoms with van der Waals surface area (Å²) in [5.41, 5.74) is 5.81. The predicted octanol–water partition coefficient (Wildman–Crippen LogP) is 3.74. The van der Waals surface area contributed by atoms with Gasteiger partial charge in [-0.2, -0.15) is 0 Å². The normalized spacial score (nSPS) is 14.6. The topological polar surface area (TPSA) is 6.48 Å². The molecule has 0 atom stereocenters. The fraction of sp³-hybridized carbons (Fsp3) is 0.400. The number of aryl methyl sites for hydroxylation is 1. The second-order valence-corrected chi connectivity index (χ2v) is 6.46. The lowest BCUT2D eigenvalue weighted by molar-refractivity contribution is 0.251. The number of hydrogen-bond acceptors (Lipinski definition) is 2. The molecular formula is C20H26N2. The fourth-order valence-corrected chi connectivity index (χ4v) is 3.22. The van der Waals surface area contributed by atoms with Crippen LogP contribution in [0.4, 0.5) is 5.69 Å². The zero-order valence-electron chi connectivity index (χ0n) is 13.8. The van der Waals surface area contributed by atoms with Crippen LogP contribution >= 0.6 is 0 Å². The monoisotopic (exact) mass is 294 g/mol. The van der Waals surface area contributed by atoms with Gasteiger partial charge in [-0.05, 0) is 54.6 Å². The average Bonchev–Trinajstić information content (AvgIpc) is 2.55. The summed E-state index contributed by atoms with van der Waals surface area (Å²) >= 11 is 0. The zero-order chi connectivity index (χ0) is 15.4. The van der Waals surface area contributed by atoms with Gasteiger partial charge in [-0.1, -0.05) is 36.4 Å². The van der Waals surface area contributed by atoms with E-state index in [9.17, 15) is 0 Å². The van der Waals surface area contributed by atoms with Crippen molar-refractivity contribution in [3.8, 4) is 0 Å². The Balaban J connectivity index is 1.56. The van der Waals surface area contributed by atoms with Crippen LogP contribution in [0.1, 0.15) is 23.1 Å². The third-order valence-corrected chi connectivity index (χ3v) is 4.58. The molecule has 2 nitrogen and oxygen atoms in total. The second kappa shape index (κ2) is 6.97. The molecule has 0 saturated carbocycles. The zero-order valence-corrected chi connectivity index (χ0v) is 13.8. The minimum atomic E-state index is 1.10. The lowest BCUT2D eigenvalue weighted by Crippen LogP contribution is -2.31. The summed E-state index contributed by atoms with van der Waals surface area (Å²) < 4.78 is 0. The minimum Gasteiger partial charge on any atom is -0.378 e. The molecule has 0 bridgehead atoms. The Bertz CT molecular complexity index is 604. The number of fused-ring (bicyclic) bond motifs is 1. The van der Waals surface area contributed by atoms with Gasteiger partial charge < -0.3 is 4.90 Å². The molecule has 1 heterocycles. The van der Waals surface area contributed by atoms with E-state index in [1.165, 1.54) is 54.7 Å². The van der Waals surface area contributed by atoms with Crippen molar-refractivity contribution < 1.29 is 0 Å². The summed E-state index contributed by atoms with van der Waals surface area (Å²) in [6, 6.07) is 17.7. The van der Waals surface area contributed by atoms with Gasteiger partial charge in [0, 0.05) is 32.9 Å². The minimum absolute atomic E-state index is 1.10. The van der Waals surface area contributed by atoms with Crippen LogP contribution in [0.15, 0.2) is 48.5 Å². The van der Waals surface area contributed by atoms with E-state index in [1.807, 2.05) is 0 Å². The second-order valence-electron chi connectivity index (χ2n) is 6.46. The Hall–Kier alpha value is -1.80. The van der Waals surface area contributed by atoms with Crippen LogP contribution in [0.3, 0.4) is 0 Å². The first-order chi connectivity index (χ1) is 10.7. The van der Waals surface area contributed by atoms with Crippen molar-refractivity contribution in [2.24, 2.45) is 0 Å². The van der Waals surface area contributed by atoms with Crippen molar-refractivity contribution in [2.45, 2.75) is 25.8 Å². The Morgan fingerprint density at radius 2 is 1.82 bits per heavy atom. The van der Waals surface area contributed by atoms with E-state index in [-0.39, 0.29) is 0 Å². The molecule has 22 heavy (non-hydrogen) atoms. The van der Waals surface area contributed by atoms with E-state index in [2.05, 4.69) is 72.4 Å². The van der Waals surface area contributed by atoms with Crippen molar-refractivity contribution in [1.29, 1.82) is 0 Å². The van der Waals surface area contributed by atoms with Crippen molar-refractivity contribution in [3.63, 3.8) is 0 Å². The molecule has 116 valence electrons. The SMILES string of the molecule is CN(C)c1ccc2c(c1)CN(CCCc1ccccc1)CC2. The van der Waals surface area contributed by atoms with E-state index in [0.29, 0.717) is 0 Å². The Kier molecular flexibility index (Phi) is 4.79. The maximum absolute atomic E-state index is 2.60. The average molecular weight is 294 g/mol. The Morgan fingerprint density at radius 1 is 1.00 bits per heavy atom. The molecule has 1 aliphatic heterocycles. The van der Waals surface area contributed by atoms with Crippen LogP contribution in [0.2, 0.25) is 0 Å². The highest BCUT2D eigenvalue weighted by molar-refractivity contribution is 5.50. The van der Waals surface area contributed by atoms with Gasteiger partial charge in [0.2, 0.25) is 0 Å². The van der Waals surface area contributed by atoms with Crippen LogP contribution < -0.4 is 4.90 Å². The third-order valence-electron chi connectivity index (χ3n) is 4.58. The van der Waals surface area contributed by atoms with Gasteiger partial charge in [0.25, 0.3) is 0 Å². The van der Waals surface area contributed by atoms with Gasteiger partial charge in [-0.25, -0.2) is 0 Å². The molecular weight excluding hydrogens is 268 g/mol. The van der Waals surface area contributed by atoms with E-state index in [0.717, 1.165) is 6.54 Å². The first-order valence-corrected chi connectivity index (χ1v) is 8.28. The molecule has 2 aromatic rings. The summed E-state index contributed by atoms with van der Waals surface area (Å²) in [6.45, 7) is 3.50. The molecule has 0 radical (unpaired) electrons. The molecule has 0 aromatic heterocycles. The van der Waals surface area contributed by atoms with E-state index >= 15 is 0 Å². The largest absolute Gasteiger partial charge is 0.378 e. The van der Waals surface area contributed by atoms with E-state index in [1.54, 1.807) is 0 Å². The van der Waals surface area contributed by atoms with Crippen molar-refractivity contribution in [2.75, 3.05) is 32.1 Å². The number of benzene rings is 2. The quantitative estimate of drug-likeness (QED) is 0.829. The van der Waals surface area contributed by atoms with Gasteiger partial charge in [-0.3, -0.25) is 4.90 Å². The lowest BCUT2D eigenvalue weighted by atomic mass is 9.98. The van der Waals surface area contributed by atoms with Crippen molar-refractivity contribution in [1.82, 2.24) is 4.90 Å². The van der Waals surface area contributed by atoms with Gasteiger partial charge in [0.1, 0.15) is 0 Å². The van der Waals surface area contributed by atoms with Crippen LogP contribution in [0.5, 0.6) is 0 Å². The number of anilines is 1. The molecule has 0 N–H and O–H groups in total. The molecule has 0 fully saturated rings. The van der Waals surface area contributed by atoms with Gasteiger partial charge in [0.15, 0.2) is 0 Å². The number of rotatable bonds is 5. The molecule has 1 aliphatic rings. The van der Waals surface area contributed by atoms with Crippen LogP contribution in [0.25, 0.3) is 0 Å². The first-order valence-electron chi connectivity index (χ1n) is 8.28. The smallest absolute Gasteiger partial charge is 0.0364 e. The highest BCUT2D eigenvalue weighted by Gasteiger charge is 2.16. The molecule has 2 heteroatoms. The molecule has 2 aromatic carbocycles. The lowest BCUT2D eigenvalue weighted by Gasteiger charge is -2.29. The Morgan fingerprint density at radius 3 is 2.59 bits per heavy atom. The van der Waals surface area contributed by atoms with Gasteiger partial charge in [0.05, 0.1) is 0 Å². The first kappa shape index (κ1) is 15.1. The fourth-order valence-electron chi connectivity index (χ4n) is 3.22. The van der Waals surface area contributed by atoms with Crippen LogP contribution in [-0.4, -0.2) is 32.1 Å². The van der Waals surface area contributed by atoms with E-state index < -0.39 is 0 Å². The summed E-state index contributed by atoms with van der Waals surface area (Å²) in [7, 11) is 4.23. The molecule has 3 rings (SSSR count). The van der Waals surface area contributed by atoms with Crippen molar-refractivity contribution >= 4 is 5.69 Å². The third kappa shape index (κ3) is 3.69. The van der Waals surface area contributed by atoms with E-state index in [4.69, 9.17) is 0 Å². The summed E-state index contributed by atoms with van der Waals surface area (Å²) in [5.74, 6) is 0. The number of nitrogens with zero attached hydrogens (tertiary/aromatic N) is 2. The van der Waals surface area contributed by atoms with Crippen molar-refractivity contribution in [3.05, 3.63) is 65.2 Å². The maximum atomic E-state index is 2.60. The predicted molar refractivity (Wildman–Crippen MR) is 94.5 cm³/mol. The standard InChI is InChI=1S/C20H26N2/c1-21(2)20-11-10-18-12-14-22(16-19(18)15-20)13-6-9-17-7-4-3-5-8-17/h3-5,7-8,10-11,15H,6,9,12-14,16H2,1-2H3. The molecule has 0 amide bonds. The molecule has 0 aliphatic carbocycles. The highest BCUT2D eigenvalue weighted by atomic mass is 15.1. The summed E-state index contributed by atoms with van der Waals surface area (Å²) in [6.07, 6.45) is 3.61. The molecule has 0 saturated heterocycles. The van der Waals surface area contributed by atoms with Crippen LogP contribution in [-0.2, 0) is 19.4 Å². The number of hydrogen-bond donors (Lipinski definition) is 0. The Labute approximate surface area is 134 Å². The highest BCUT2D eigenvalue weighted by Crippen LogP contribution is 2.24. The van der Waals surface area contributed by atoms with Crippen LogP contribution in [0, 0.1) is 0 Å². The molecule has 0 unspecified atom stereocenters. The van der Waals surface area contributed by atoms with Gasteiger partial charge >= 0.3 is 0 Å². The summed E-state index contributed by atoms with van der Waals surface area (Å²) in [5, 5.41) is 0. The molecule has 0 spiro atoms. The van der Waals surface area contributed by atoms with Gasteiger partial charge in [-0.15, -0.1) is 0 Å².